The molecule has 1 atom stereocenters. The van der Waals surface area contributed by atoms with Crippen molar-refractivity contribution in [2.45, 2.75) is 39.7 Å². The number of benzene rings is 2. The number of esters is 1. The molecule has 2 aromatic rings. The standard InChI is InChI=1S/C21H22ClNO4/c1-13-4-5-14(2)18(12-13)19(24)10-11-20(25)27-15(3)21(26)23-17-8-6-16(22)7-9-17/h4-9,12,15H,10-11H2,1-3H3,(H,23,26)/t15-/m0/s1. The van der Waals surface area contributed by atoms with Crippen LogP contribution >= 0.6 is 11.6 Å². The average molecular weight is 388 g/mol. The number of hydrogen-bond acceptors (Lipinski definition) is 4. The molecule has 6 heteroatoms. The van der Waals surface area contributed by atoms with E-state index in [0.717, 1.165) is 11.1 Å². The number of aryl methyl sites for hydroxylation is 2. The Bertz CT molecular complexity index is 846. The van der Waals surface area contributed by atoms with E-state index in [4.69, 9.17) is 16.3 Å². The summed E-state index contributed by atoms with van der Waals surface area (Å²) in [7, 11) is 0. The third kappa shape index (κ3) is 6.22. The number of amides is 1. The van der Waals surface area contributed by atoms with Crippen molar-refractivity contribution in [3.8, 4) is 0 Å². The van der Waals surface area contributed by atoms with E-state index >= 15 is 0 Å². The van der Waals surface area contributed by atoms with Crippen molar-refractivity contribution < 1.29 is 19.1 Å². The maximum Gasteiger partial charge on any atom is 0.307 e. The molecule has 0 fully saturated rings. The molecule has 0 unspecified atom stereocenters. The van der Waals surface area contributed by atoms with Crippen molar-refractivity contribution in [3.05, 3.63) is 64.2 Å². The van der Waals surface area contributed by atoms with Crippen molar-refractivity contribution in [2.24, 2.45) is 0 Å². The molecule has 0 bridgehead atoms. The van der Waals surface area contributed by atoms with Gasteiger partial charge < -0.3 is 10.1 Å². The van der Waals surface area contributed by atoms with Crippen LogP contribution in [-0.2, 0) is 14.3 Å². The molecule has 0 saturated carbocycles. The van der Waals surface area contributed by atoms with Gasteiger partial charge in [0.1, 0.15) is 0 Å². The van der Waals surface area contributed by atoms with Gasteiger partial charge in [-0.15, -0.1) is 0 Å². The van der Waals surface area contributed by atoms with Gasteiger partial charge in [0.05, 0.1) is 6.42 Å². The first-order chi connectivity index (χ1) is 12.8. The molecule has 5 nitrogen and oxygen atoms in total. The van der Waals surface area contributed by atoms with Gasteiger partial charge in [-0.2, -0.15) is 0 Å². The topological polar surface area (TPSA) is 72.5 Å². The van der Waals surface area contributed by atoms with E-state index in [1.165, 1.54) is 6.92 Å². The summed E-state index contributed by atoms with van der Waals surface area (Å²) >= 11 is 5.79. The van der Waals surface area contributed by atoms with E-state index in [2.05, 4.69) is 5.32 Å². The maximum atomic E-state index is 12.3. The highest BCUT2D eigenvalue weighted by Gasteiger charge is 2.19. The van der Waals surface area contributed by atoms with Crippen molar-refractivity contribution in [1.82, 2.24) is 0 Å². The third-order valence-electron chi connectivity index (χ3n) is 4.04. The summed E-state index contributed by atoms with van der Waals surface area (Å²) in [6, 6.07) is 12.2. The first-order valence-corrected chi connectivity index (χ1v) is 9.00. The molecule has 0 aromatic heterocycles. The van der Waals surface area contributed by atoms with Crippen LogP contribution in [0.3, 0.4) is 0 Å². The summed E-state index contributed by atoms with van der Waals surface area (Å²) in [6.45, 7) is 5.25. The van der Waals surface area contributed by atoms with Crippen molar-refractivity contribution in [2.75, 3.05) is 5.32 Å². The minimum atomic E-state index is -0.969. The third-order valence-corrected chi connectivity index (χ3v) is 4.29. The second-order valence-corrected chi connectivity index (χ2v) is 6.81. The molecule has 0 aliphatic heterocycles. The summed E-state index contributed by atoms with van der Waals surface area (Å²) < 4.78 is 5.12. The van der Waals surface area contributed by atoms with E-state index in [9.17, 15) is 14.4 Å². The number of ketones is 1. The zero-order chi connectivity index (χ0) is 20.0. The minimum Gasteiger partial charge on any atom is -0.453 e. The molecular formula is C21H22ClNO4. The number of ether oxygens (including phenoxy) is 1. The minimum absolute atomic E-state index is 0.0364. The molecule has 1 amide bonds. The van der Waals surface area contributed by atoms with Gasteiger partial charge in [-0.25, -0.2) is 0 Å². The van der Waals surface area contributed by atoms with Crippen LogP contribution in [0.25, 0.3) is 0 Å². The number of Topliss-reactive ketones (excluding diaryl/α,β-unsaturated/α-hetero) is 1. The lowest BCUT2D eigenvalue weighted by molar-refractivity contribution is -0.153. The Hall–Kier alpha value is -2.66. The van der Waals surface area contributed by atoms with Crippen LogP contribution < -0.4 is 5.32 Å². The molecule has 1 N–H and O–H groups in total. The maximum absolute atomic E-state index is 12.3. The second kappa shape index (κ2) is 9.33. The number of hydrogen-bond donors (Lipinski definition) is 1. The van der Waals surface area contributed by atoms with Crippen molar-refractivity contribution in [3.63, 3.8) is 0 Å². The number of carbonyl (C=O) groups is 3. The van der Waals surface area contributed by atoms with E-state index < -0.39 is 18.0 Å². The molecule has 0 heterocycles. The largest absolute Gasteiger partial charge is 0.453 e. The van der Waals surface area contributed by atoms with Crippen LogP contribution in [0, 0.1) is 13.8 Å². The molecular weight excluding hydrogens is 366 g/mol. The quantitative estimate of drug-likeness (QED) is 0.561. The highest BCUT2D eigenvalue weighted by molar-refractivity contribution is 6.30. The van der Waals surface area contributed by atoms with Gasteiger partial charge in [-0.05, 0) is 56.7 Å². The zero-order valence-electron chi connectivity index (χ0n) is 15.5. The molecule has 0 aliphatic carbocycles. The summed E-state index contributed by atoms with van der Waals surface area (Å²) in [5, 5.41) is 3.19. The molecule has 27 heavy (non-hydrogen) atoms. The predicted molar refractivity (Wildman–Crippen MR) is 105 cm³/mol. The van der Waals surface area contributed by atoms with Gasteiger partial charge in [0.25, 0.3) is 5.91 Å². The molecule has 0 spiro atoms. The van der Waals surface area contributed by atoms with Crippen molar-refractivity contribution in [1.29, 1.82) is 0 Å². The fourth-order valence-corrected chi connectivity index (χ4v) is 2.60. The normalized spacial score (nSPS) is 11.6. The fourth-order valence-electron chi connectivity index (χ4n) is 2.47. The first-order valence-electron chi connectivity index (χ1n) is 8.62. The average Bonchev–Trinajstić information content (AvgIpc) is 2.63. The molecule has 0 aliphatic rings. The van der Waals surface area contributed by atoms with Crippen LogP contribution in [0.2, 0.25) is 5.02 Å². The Morgan fingerprint density at radius 3 is 2.37 bits per heavy atom. The highest BCUT2D eigenvalue weighted by atomic mass is 35.5. The lowest BCUT2D eigenvalue weighted by Crippen LogP contribution is -2.30. The van der Waals surface area contributed by atoms with Crippen LogP contribution in [0.1, 0.15) is 41.3 Å². The van der Waals surface area contributed by atoms with Gasteiger partial charge >= 0.3 is 5.97 Å². The summed E-state index contributed by atoms with van der Waals surface area (Å²) in [5.41, 5.74) is 3.02. The molecule has 0 saturated heterocycles. The fraction of sp³-hybridized carbons (Fsp3) is 0.286. The van der Waals surface area contributed by atoms with Crippen LogP contribution in [-0.4, -0.2) is 23.8 Å². The molecule has 0 radical (unpaired) electrons. The summed E-state index contributed by atoms with van der Waals surface area (Å²) in [5.74, 6) is -1.16. The number of anilines is 1. The van der Waals surface area contributed by atoms with Gasteiger partial charge in [0.2, 0.25) is 0 Å². The van der Waals surface area contributed by atoms with Crippen molar-refractivity contribution >= 4 is 34.9 Å². The SMILES string of the molecule is Cc1ccc(C)c(C(=O)CCC(=O)O[C@@H](C)C(=O)Nc2ccc(Cl)cc2)c1. The Labute approximate surface area is 163 Å². The van der Waals surface area contributed by atoms with E-state index in [0.29, 0.717) is 16.3 Å². The van der Waals surface area contributed by atoms with Crippen LogP contribution in [0.15, 0.2) is 42.5 Å². The van der Waals surface area contributed by atoms with Crippen LogP contribution in [0.4, 0.5) is 5.69 Å². The number of halogens is 1. The number of rotatable bonds is 7. The number of nitrogens with one attached hydrogen (secondary N) is 1. The van der Waals surface area contributed by atoms with E-state index in [1.54, 1.807) is 24.3 Å². The second-order valence-electron chi connectivity index (χ2n) is 6.37. The van der Waals surface area contributed by atoms with Gasteiger partial charge in [-0.3, -0.25) is 14.4 Å². The summed E-state index contributed by atoms with van der Waals surface area (Å²) in [4.78, 5) is 36.4. The number of carbonyl (C=O) groups excluding carboxylic acids is 3. The molecule has 142 valence electrons. The summed E-state index contributed by atoms with van der Waals surface area (Å²) in [6.07, 6.45) is -1.01. The van der Waals surface area contributed by atoms with Gasteiger partial charge in [0, 0.05) is 22.7 Å². The van der Waals surface area contributed by atoms with E-state index in [1.807, 2.05) is 32.0 Å². The predicted octanol–water partition coefficient (Wildman–Crippen LogP) is 4.49. The smallest absolute Gasteiger partial charge is 0.307 e. The zero-order valence-corrected chi connectivity index (χ0v) is 16.3. The lowest BCUT2D eigenvalue weighted by Gasteiger charge is -2.13. The molecule has 2 rings (SSSR count). The Morgan fingerprint density at radius 2 is 1.70 bits per heavy atom. The Morgan fingerprint density at radius 1 is 1.04 bits per heavy atom. The Kier molecular flexibility index (Phi) is 7.13. The van der Waals surface area contributed by atoms with Crippen LogP contribution in [0.5, 0.6) is 0 Å². The lowest BCUT2D eigenvalue weighted by atomic mass is 9.99. The van der Waals surface area contributed by atoms with Gasteiger partial charge in [0.15, 0.2) is 11.9 Å². The molecule has 2 aromatic carbocycles. The monoisotopic (exact) mass is 387 g/mol. The first kappa shape index (κ1) is 20.6. The Balaban J connectivity index is 1.83. The van der Waals surface area contributed by atoms with Gasteiger partial charge in [-0.1, -0.05) is 29.3 Å². The van der Waals surface area contributed by atoms with E-state index in [-0.39, 0.29) is 18.6 Å². The highest BCUT2D eigenvalue weighted by Crippen LogP contribution is 2.15.